The molecule has 3 rings (SSSR count). The van der Waals surface area contributed by atoms with E-state index in [0.717, 1.165) is 52.5 Å². The predicted molar refractivity (Wildman–Crippen MR) is 87.1 cm³/mol. The van der Waals surface area contributed by atoms with Gasteiger partial charge in [-0.3, -0.25) is 4.90 Å². The zero-order valence-electron chi connectivity index (χ0n) is 12.9. The average molecular weight is 289 g/mol. The van der Waals surface area contributed by atoms with Gasteiger partial charge in [0.25, 0.3) is 0 Å². The molecular weight excluding hydrogens is 262 g/mol. The van der Waals surface area contributed by atoms with Crippen molar-refractivity contribution in [1.29, 1.82) is 0 Å². The molecule has 1 aromatic rings. The Hall–Kier alpha value is -1.10. The van der Waals surface area contributed by atoms with Crippen molar-refractivity contribution in [3.8, 4) is 0 Å². The van der Waals surface area contributed by atoms with Crippen molar-refractivity contribution in [3.05, 3.63) is 29.8 Å². The highest BCUT2D eigenvalue weighted by Crippen LogP contribution is 2.16. The number of morpholine rings is 1. The summed E-state index contributed by atoms with van der Waals surface area (Å²) >= 11 is 0. The summed E-state index contributed by atoms with van der Waals surface area (Å²) < 4.78 is 5.38. The molecule has 2 fully saturated rings. The molecule has 0 spiro atoms. The lowest BCUT2D eigenvalue weighted by atomic mass is 10.1. The van der Waals surface area contributed by atoms with Crippen LogP contribution in [0.2, 0.25) is 0 Å². The monoisotopic (exact) mass is 289 g/mol. The van der Waals surface area contributed by atoms with Gasteiger partial charge in [-0.1, -0.05) is 12.1 Å². The Kier molecular flexibility index (Phi) is 5.49. The quantitative estimate of drug-likeness (QED) is 0.886. The van der Waals surface area contributed by atoms with Gasteiger partial charge in [-0.05, 0) is 37.1 Å². The van der Waals surface area contributed by atoms with Crippen molar-refractivity contribution in [2.24, 2.45) is 0 Å². The highest BCUT2D eigenvalue weighted by Gasteiger charge is 2.11. The third kappa shape index (κ3) is 4.43. The maximum Gasteiger partial charge on any atom is 0.0594 e. The Balaban J connectivity index is 1.43. The lowest BCUT2D eigenvalue weighted by Gasteiger charge is -2.29. The molecule has 2 aliphatic rings. The Morgan fingerprint density at radius 3 is 2.38 bits per heavy atom. The number of aryl methyl sites for hydroxylation is 1. The molecule has 4 nitrogen and oxygen atoms in total. The van der Waals surface area contributed by atoms with E-state index in [2.05, 4.69) is 39.4 Å². The molecule has 116 valence electrons. The molecule has 0 radical (unpaired) electrons. The van der Waals surface area contributed by atoms with E-state index < -0.39 is 0 Å². The Morgan fingerprint density at radius 2 is 1.67 bits per heavy atom. The second-order valence-electron chi connectivity index (χ2n) is 5.96. The van der Waals surface area contributed by atoms with E-state index in [1.165, 1.54) is 30.6 Å². The molecule has 0 aromatic heterocycles. The third-order valence-corrected chi connectivity index (χ3v) is 4.46. The number of anilines is 1. The highest BCUT2D eigenvalue weighted by atomic mass is 16.5. The fourth-order valence-electron chi connectivity index (χ4n) is 3.13. The maximum absolute atomic E-state index is 5.38. The van der Waals surface area contributed by atoms with Crippen molar-refractivity contribution < 1.29 is 4.74 Å². The van der Waals surface area contributed by atoms with E-state index in [0.29, 0.717) is 0 Å². The van der Waals surface area contributed by atoms with E-state index in [1.807, 2.05) is 0 Å². The molecule has 2 saturated heterocycles. The van der Waals surface area contributed by atoms with E-state index in [4.69, 9.17) is 4.74 Å². The van der Waals surface area contributed by atoms with Gasteiger partial charge in [0.1, 0.15) is 0 Å². The summed E-state index contributed by atoms with van der Waals surface area (Å²) in [4.78, 5) is 4.98. The van der Waals surface area contributed by atoms with Crippen molar-refractivity contribution in [2.45, 2.75) is 12.8 Å². The van der Waals surface area contributed by atoms with Gasteiger partial charge < -0.3 is 15.0 Å². The summed E-state index contributed by atoms with van der Waals surface area (Å²) in [5, 5.41) is 3.40. The minimum Gasteiger partial charge on any atom is -0.379 e. The van der Waals surface area contributed by atoms with E-state index in [-0.39, 0.29) is 0 Å². The van der Waals surface area contributed by atoms with Crippen LogP contribution in [0, 0.1) is 0 Å². The molecule has 0 unspecified atom stereocenters. The first-order valence-corrected chi connectivity index (χ1v) is 8.26. The molecule has 1 aromatic carbocycles. The van der Waals surface area contributed by atoms with E-state index >= 15 is 0 Å². The maximum atomic E-state index is 5.38. The van der Waals surface area contributed by atoms with Crippen LogP contribution in [0.5, 0.6) is 0 Å². The molecule has 21 heavy (non-hydrogen) atoms. The number of nitrogens with zero attached hydrogens (tertiary/aromatic N) is 2. The SMILES string of the molecule is c1cc(N2CCNCC2)ccc1CCCN1CCOCC1. The van der Waals surface area contributed by atoms with Crippen LogP contribution in [-0.2, 0) is 11.2 Å². The summed E-state index contributed by atoms with van der Waals surface area (Å²) in [5.74, 6) is 0. The van der Waals surface area contributed by atoms with Gasteiger partial charge in [0, 0.05) is 45.0 Å². The van der Waals surface area contributed by atoms with Crippen LogP contribution in [-0.4, -0.2) is 63.9 Å². The molecule has 0 saturated carbocycles. The van der Waals surface area contributed by atoms with Crippen molar-refractivity contribution in [2.75, 3.05) is 63.9 Å². The number of piperazine rings is 1. The van der Waals surface area contributed by atoms with E-state index in [9.17, 15) is 0 Å². The first kappa shape index (κ1) is 14.8. The van der Waals surface area contributed by atoms with Crippen LogP contribution >= 0.6 is 0 Å². The second-order valence-corrected chi connectivity index (χ2v) is 5.96. The number of ether oxygens (including phenoxy) is 1. The summed E-state index contributed by atoms with van der Waals surface area (Å²) in [6.07, 6.45) is 2.42. The Morgan fingerprint density at radius 1 is 0.952 bits per heavy atom. The van der Waals surface area contributed by atoms with Gasteiger partial charge in [0.2, 0.25) is 0 Å². The molecule has 0 amide bonds. The van der Waals surface area contributed by atoms with Crippen molar-refractivity contribution in [3.63, 3.8) is 0 Å². The molecular formula is C17H27N3O. The molecule has 0 atom stereocenters. The van der Waals surface area contributed by atoms with E-state index in [1.54, 1.807) is 0 Å². The molecule has 2 aliphatic heterocycles. The van der Waals surface area contributed by atoms with Crippen LogP contribution < -0.4 is 10.2 Å². The summed E-state index contributed by atoms with van der Waals surface area (Å²) in [7, 11) is 0. The average Bonchev–Trinajstić information content (AvgIpc) is 2.57. The minimum atomic E-state index is 0.902. The number of nitrogens with one attached hydrogen (secondary N) is 1. The Bertz CT molecular complexity index is 409. The number of hydrogen-bond donors (Lipinski definition) is 1. The molecule has 1 N–H and O–H groups in total. The largest absolute Gasteiger partial charge is 0.379 e. The molecule has 2 heterocycles. The smallest absolute Gasteiger partial charge is 0.0594 e. The second kappa shape index (κ2) is 7.78. The molecule has 0 bridgehead atoms. The van der Waals surface area contributed by atoms with Gasteiger partial charge in [0.15, 0.2) is 0 Å². The number of benzene rings is 1. The predicted octanol–water partition coefficient (Wildman–Crippen LogP) is 1.36. The van der Waals surface area contributed by atoms with Crippen molar-refractivity contribution >= 4 is 5.69 Å². The fourth-order valence-corrected chi connectivity index (χ4v) is 3.13. The first-order valence-electron chi connectivity index (χ1n) is 8.26. The zero-order valence-corrected chi connectivity index (χ0v) is 12.9. The van der Waals surface area contributed by atoms with Crippen LogP contribution in [0.15, 0.2) is 24.3 Å². The fraction of sp³-hybridized carbons (Fsp3) is 0.647. The third-order valence-electron chi connectivity index (χ3n) is 4.46. The minimum absolute atomic E-state index is 0.902. The van der Waals surface area contributed by atoms with Crippen LogP contribution in [0.3, 0.4) is 0 Å². The van der Waals surface area contributed by atoms with Gasteiger partial charge in [-0.15, -0.1) is 0 Å². The topological polar surface area (TPSA) is 27.7 Å². The van der Waals surface area contributed by atoms with Crippen LogP contribution in [0.25, 0.3) is 0 Å². The normalized spacial score (nSPS) is 20.7. The van der Waals surface area contributed by atoms with Gasteiger partial charge in [-0.25, -0.2) is 0 Å². The van der Waals surface area contributed by atoms with Crippen LogP contribution in [0.1, 0.15) is 12.0 Å². The molecule has 0 aliphatic carbocycles. The lowest BCUT2D eigenvalue weighted by molar-refractivity contribution is 0.0375. The van der Waals surface area contributed by atoms with Crippen molar-refractivity contribution in [1.82, 2.24) is 10.2 Å². The molecule has 4 heteroatoms. The lowest BCUT2D eigenvalue weighted by Crippen LogP contribution is -2.43. The first-order chi connectivity index (χ1) is 10.4. The summed E-state index contributed by atoms with van der Waals surface area (Å²) in [6, 6.07) is 9.18. The zero-order chi connectivity index (χ0) is 14.3. The number of hydrogen-bond acceptors (Lipinski definition) is 4. The van der Waals surface area contributed by atoms with Crippen LogP contribution in [0.4, 0.5) is 5.69 Å². The standard InChI is InChI=1S/C17H27N3O/c1(9-19-12-14-21-15-13-19)2-16-3-5-17(6-4-16)20-10-7-18-8-11-20/h3-6,18H,1-2,7-15H2. The van der Waals surface area contributed by atoms with Gasteiger partial charge >= 0.3 is 0 Å². The summed E-state index contributed by atoms with van der Waals surface area (Å²) in [6.45, 7) is 9.64. The summed E-state index contributed by atoms with van der Waals surface area (Å²) in [5.41, 5.74) is 2.83. The number of rotatable bonds is 5. The highest BCUT2D eigenvalue weighted by molar-refractivity contribution is 5.48. The van der Waals surface area contributed by atoms with Gasteiger partial charge in [-0.2, -0.15) is 0 Å². The van der Waals surface area contributed by atoms with Gasteiger partial charge in [0.05, 0.1) is 13.2 Å². The Labute approximate surface area is 128 Å².